The maximum atomic E-state index is 6.18. The Morgan fingerprint density at radius 2 is 1.81 bits per heavy atom. The lowest BCUT2D eigenvalue weighted by Crippen LogP contribution is -2.14. The summed E-state index contributed by atoms with van der Waals surface area (Å²) in [4.78, 5) is 0. The maximum Gasteiger partial charge on any atom is 0.0386 e. The van der Waals surface area contributed by atoms with Crippen molar-refractivity contribution in [2.75, 3.05) is 11.5 Å². The minimum Gasteiger partial charge on any atom is -0.323 e. The lowest BCUT2D eigenvalue weighted by Gasteiger charge is -2.14. The van der Waals surface area contributed by atoms with Crippen LogP contribution in [0.3, 0.4) is 0 Å². The van der Waals surface area contributed by atoms with Crippen molar-refractivity contribution >= 4 is 11.8 Å². The number of thioether (sulfide) groups is 1. The Balaban J connectivity index is 2.52. The van der Waals surface area contributed by atoms with E-state index in [0.29, 0.717) is 0 Å². The van der Waals surface area contributed by atoms with Crippen LogP contribution in [0.15, 0.2) is 18.2 Å². The summed E-state index contributed by atoms with van der Waals surface area (Å²) >= 11 is 1.95. The normalized spacial score (nSPS) is 13.1. The van der Waals surface area contributed by atoms with E-state index in [0.717, 1.165) is 11.7 Å². The molecule has 0 saturated heterocycles. The van der Waals surface area contributed by atoms with Gasteiger partial charge >= 0.3 is 0 Å². The predicted molar refractivity (Wildman–Crippen MR) is 75.0 cm³/mol. The zero-order chi connectivity index (χ0) is 12.1. The highest BCUT2D eigenvalue weighted by molar-refractivity contribution is 7.99. The first-order valence-electron chi connectivity index (χ1n) is 5.91. The molecule has 0 aliphatic heterocycles. The third kappa shape index (κ3) is 4.18. The van der Waals surface area contributed by atoms with Gasteiger partial charge in [-0.05, 0) is 42.2 Å². The van der Waals surface area contributed by atoms with Gasteiger partial charge in [0.05, 0.1) is 0 Å². The minimum absolute atomic E-state index is 0.169. The zero-order valence-corrected chi connectivity index (χ0v) is 11.6. The van der Waals surface area contributed by atoms with Gasteiger partial charge in [0, 0.05) is 11.8 Å². The standard InChI is InChI=1S/C14H23NS/c1-10(2)8-16-9-14(15)13-6-5-11(3)12(4)7-13/h5-7,10,14H,8-9,15H2,1-4H3. The molecule has 0 bridgehead atoms. The van der Waals surface area contributed by atoms with Gasteiger partial charge < -0.3 is 5.73 Å². The van der Waals surface area contributed by atoms with E-state index in [1.165, 1.54) is 22.4 Å². The van der Waals surface area contributed by atoms with Crippen LogP contribution in [-0.4, -0.2) is 11.5 Å². The molecule has 1 aromatic carbocycles. The molecule has 0 aliphatic rings. The van der Waals surface area contributed by atoms with Crippen LogP contribution in [0.2, 0.25) is 0 Å². The van der Waals surface area contributed by atoms with Crippen molar-refractivity contribution in [3.63, 3.8) is 0 Å². The predicted octanol–water partition coefficient (Wildman–Crippen LogP) is 3.69. The molecule has 0 heterocycles. The second-order valence-corrected chi connectivity index (χ2v) is 5.96. The van der Waals surface area contributed by atoms with Gasteiger partial charge in [-0.15, -0.1) is 0 Å². The second-order valence-electron chi connectivity index (χ2n) is 4.88. The monoisotopic (exact) mass is 237 g/mol. The summed E-state index contributed by atoms with van der Waals surface area (Å²) in [6.45, 7) is 8.77. The van der Waals surface area contributed by atoms with E-state index in [9.17, 15) is 0 Å². The summed E-state index contributed by atoms with van der Waals surface area (Å²) in [5.41, 5.74) is 10.1. The first-order chi connectivity index (χ1) is 7.50. The molecule has 0 fully saturated rings. The number of rotatable bonds is 5. The Morgan fingerprint density at radius 3 is 2.38 bits per heavy atom. The number of aryl methyl sites for hydroxylation is 2. The van der Waals surface area contributed by atoms with Crippen molar-refractivity contribution in [1.82, 2.24) is 0 Å². The van der Waals surface area contributed by atoms with Crippen LogP contribution >= 0.6 is 11.8 Å². The highest BCUT2D eigenvalue weighted by Gasteiger charge is 2.07. The summed E-state index contributed by atoms with van der Waals surface area (Å²) in [6, 6.07) is 6.71. The smallest absolute Gasteiger partial charge is 0.0386 e. The first kappa shape index (κ1) is 13.6. The lowest BCUT2D eigenvalue weighted by molar-refractivity contribution is 0.746. The number of hydrogen-bond donors (Lipinski definition) is 1. The summed E-state index contributed by atoms with van der Waals surface area (Å²) in [7, 11) is 0. The molecule has 1 atom stereocenters. The number of benzene rings is 1. The van der Waals surface area contributed by atoms with Gasteiger partial charge in [-0.25, -0.2) is 0 Å². The molecule has 1 aromatic rings. The van der Waals surface area contributed by atoms with E-state index in [1.807, 2.05) is 11.8 Å². The van der Waals surface area contributed by atoms with E-state index in [-0.39, 0.29) is 6.04 Å². The molecule has 0 aliphatic carbocycles. The van der Waals surface area contributed by atoms with Crippen LogP contribution in [-0.2, 0) is 0 Å². The van der Waals surface area contributed by atoms with Gasteiger partial charge in [0.1, 0.15) is 0 Å². The Hall–Kier alpha value is -0.470. The van der Waals surface area contributed by atoms with Crippen LogP contribution in [0, 0.1) is 19.8 Å². The van der Waals surface area contributed by atoms with Crippen LogP contribution in [0.25, 0.3) is 0 Å². The Bertz CT molecular complexity index is 334. The SMILES string of the molecule is Cc1ccc(C(N)CSCC(C)C)cc1C. The highest BCUT2D eigenvalue weighted by atomic mass is 32.2. The molecular formula is C14H23NS. The second kappa shape index (κ2) is 6.31. The molecule has 16 heavy (non-hydrogen) atoms. The van der Waals surface area contributed by atoms with Crippen molar-refractivity contribution in [3.8, 4) is 0 Å². The zero-order valence-electron chi connectivity index (χ0n) is 10.8. The molecule has 0 saturated carbocycles. The van der Waals surface area contributed by atoms with Gasteiger partial charge in [-0.1, -0.05) is 32.0 Å². The van der Waals surface area contributed by atoms with Crippen molar-refractivity contribution in [2.24, 2.45) is 11.7 Å². The fourth-order valence-corrected chi connectivity index (χ4v) is 2.58. The highest BCUT2D eigenvalue weighted by Crippen LogP contribution is 2.20. The van der Waals surface area contributed by atoms with Crippen LogP contribution in [0.5, 0.6) is 0 Å². The van der Waals surface area contributed by atoms with E-state index in [2.05, 4.69) is 45.9 Å². The summed E-state index contributed by atoms with van der Waals surface area (Å²) in [5, 5.41) is 0. The summed E-state index contributed by atoms with van der Waals surface area (Å²) in [6.07, 6.45) is 0. The average molecular weight is 237 g/mol. The Kier molecular flexibility index (Phi) is 5.36. The maximum absolute atomic E-state index is 6.18. The molecule has 1 rings (SSSR count). The summed E-state index contributed by atoms with van der Waals surface area (Å²) < 4.78 is 0. The third-order valence-corrected chi connectivity index (χ3v) is 4.20. The fourth-order valence-electron chi connectivity index (χ4n) is 1.52. The van der Waals surface area contributed by atoms with Crippen molar-refractivity contribution in [3.05, 3.63) is 34.9 Å². The molecule has 0 aromatic heterocycles. The van der Waals surface area contributed by atoms with Crippen molar-refractivity contribution in [1.29, 1.82) is 0 Å². The molecule has 2 N–H and O–H groups in total. The van der Waals surface area contributed by atoms with E-state index >= 15 is 0 Å². The van der Waals surface area contributed by atoms with Crippen molar-refractivity contribution < 1.29 is 0 Å². The topological polar surface area (TPSA) is 26.0 Å². The van der Waals surface area contributed by atoms with Crippen LogP contribution < -0.4 is 5.73 Å². The molecule has 0 spiro atoms. The quantitative estimate of drug-likeness (QED) is 0.845. The molecule has 2 heteroatoms. The fraction of sp³-hybridized carbons (Fsp3) is 0.571. The Morgan fingerprint density at radius 1 is 1.12 bits per heavy atom. The number of nitrogens with two attached hydrogens (primary N) is 1. The first-order valence-corrected chi connectivity index (χ1v) is 7.06. The Labute approximate surface area is 104 Å². The molecule has 1 nitrogen and oxygen atoms in total. The van der Waals surface area contributed by atoms with Gasteiger partial charge in [-0.3, -0.25) is 0 Å². The third-order valence-electron chi connectivity index (χ3n) is 2.71. The van der Waals surface area contributed by atoms with Crippen LogP contribution in [0.1, 0.15) is 36.6 Å². The van der Waals surface area contributed by atoms with Gasteiger partial charge in [0.25, 0.3) is 0 Å². The molecule has 0 radical (unpaired) electrons. The van der Waals surface area contributed by atoms with Gasteiger partial charge in [0.2, 0.25) is 0 Å². The van der Waals surface area contributed by atoms with E-state index < -0.39 is 0 Å². The number of hydrogen-bond acceptors (Lipinski definition) is 2. The average Bonchev–Trinajstić information content (AvgIpc) is 2.21. The van der Waals surface area contributed by atoms with Gasteiger partial charge in [-0.2, -0.15) is 11.8 Å². The minimum atomic E-state index is 0.169. The van der Waals surface area contributed by atoms with Crippen molar-refractivity contribution in [2.45, 2.75) is 33.7 Å². The van der Waals surface area contributed by atoms with E-state index in [1.54, 1.807) is 0 Å². The molecule has 0 amide bonds. The molecular weight excluding hydrogens is 214 g/mol. The lowest BCUT2D eigenvalue weighted by atomic mass is 10.0. The van der Waals surface area contributed by atoms with Gasteiger partial charge in [0.15, 0.2) is 0 Å². The molecule has 1 unspecified atom stereocenters. The largest absolute Gasteiger partial charge is 0.323 e. The van der Waals surface area contributed by atoms with Crippen LogP contribution in [0.4, 0.5) is 0 Å². The van der Waals surface area contributed by atoms with E-state index in [4.69, 9.17) is 5.73 Å². The summed E-state index contributed by atoms with van der Waals surface area (Å²) in [5.74, 6) is 2.95. The molecule has 90 valence electrons.